The number of hydrogen-bond donors (Lipinski definition) is 3. The molecule has 3 N–H and O–H groups in total. The van der Waals surface area contributed by atoms with Crippen molar-refractivity contribution >= 4 is 46.9 Å². The van der Waals surface area contributed by atoms with Crippen LogP contribution in [-0.2, 0) is 33.8 Å². The van der Waals surface area contributed by atoms with E-state index in [-0.39, 0.29) is 29.4 Å². The van der Waals surface area contributed by atoms with Crippen LogP contribution in [0.1, 0.15) is 61.6 Å². The lowest BCUT2D eigenvalue weighted by Gasteiger charge is -2.27. The van der Waals surface area contributed by atoms with Crippen LogP contribution >= 0.6 is 0 Å². The minimum Gasteiger partial charge on any atom is -0.465 e. The van der Waals surface area contributed by atoms with E-state index in [1.807, 2.05) is 0 Å². The van der Waals surface area contributed by atoms with Gasteiger partial charge in [0.1, 0.15) is 5.69 Å². The number of piperidine rings is 1. The van der Waals surface area contributed by atoms with Crippen molar-refractivity contribution in [1.82, 2.24) is 19.0 Å². The molecule has 0 unspecified atom stereocenters. The Morgan fingerprint density at radius 1 is 1.10 bits per heavy atom. The van der Waals surface area contributed by atoms with Gasteiger partial charge in [0, 0.05) is 80.2 Å². The number of aryl methyl sites for hydroxylation is 3. The number of carbonyl (C=O) groups is 5. The summed E-state index contributed by atoms with van der Waals surface area (Å²) in [6, 6.07) is 3.33. The molecule has 1 spiro atoms. The third-order valence-electron chi connectivity index (χ3n) is 8.32. The van der Waals surface area contributed by atoms with Crippen LogP contribution in [-0.4, -0.2) is 62.1 Å². The van der Waals surface area contributed by atoms with Gasteiger partial charge in [0.15, 0.2) is 0 Å². The Kier molecular flexibility index (Phi) is 6.10. The maximum atomic E-state index is 13.4. The highest BCUT2D eigenvalue weighted by atomic mass is 16.5. The molecule has 42 heavy (non-hydrogen) atoms. The van der Waals surface area contributed by atoms with Gasteiger partial charge in [0.05, 0.1) is 29.7 Å². The molecule has 3 aromatic rings. The van der Waals surface area contributed by atoms with Crippen LogP contribution in [0.4, 0.5) is 11.4 Å². The summed E-state index contributed by atoms with van der Waals surface area (Å²) >= 11 is 0. The summed E-state index contributed by atoms with van der Waals surface area (Å²) in [6.45, 7) is 3.58. The summed E-state index contributed by atoms with van der Waals surface area (Å²) in [6.07, 6.45) is 8.74. The minimum atomic E-state index is -0.555. The SMILES string of the molecule is COC(=O)c1c(C)[nH]c2c1[C@@]13C[C@@H]1CN(C(=O)/C=C/c1cc(NC(=O)c4cc(NC(C)=O)cn4C)cn1C)C3=CC2=O. The average molecular weight is 571 g/mol. The van der Waals surface area contributed by atoms with E-state index in [2.05, 4.69) is 15.6 Å². The van der Waals surface area contributed by atoms with Crippen molar-refractivity contribution in [3.8, 4) is 0 Å². The van der Waals surface area contributed by atoms with Crippen LogP contribution in [0.2, 0.25) is 0 Å². The first-order valence-corrected chi connectivity index (χ1v) is 13.4. The number of likely N-dealkylation sites (tertiary alicyclic amines) is 1. The zero-order chi connectivity index (χ0) is 30.1. The van der Waals surface area contributed by atoms with E-state index in [0.29, 0.717) is 57.5 Å². The van der Waals surface area contributed by atoms with Gasteiger partial charge in [-0.1, -0.05) is 0 Å². The summed E-state index contributed by atoms with van der Waals surface area (Å²) in [5, 5.41) is 5.50. The number of nitrogens with one attached hydrogen (secondary N) is 3. The molecule has 6 rings (SSSR count). The number of anilines is 2. The lowest BCUT2D eigenvalue weighted by molar-refractivity contribution is -0.124. The fourth-order valence-corrected chi connectivity index (χ4v) is 6.40. The average Bonchev–Trinajstić information content (AvgIpc) is 3.23. The highest BCUT2D eigenvalue weighted by molar-refractivity contribution is 6.11. The van der Waals surface area contributed by atoms with Crippen molar-refractivity contribution in [2.24, 2.45) is 20.0 Å². The highest BCUT2D eigenvalue weighted by Gasteiger charge is 2.68. The van der Waals surface area contributed by atoms with Gasteiger partial charge in [-0.05, 0) is 37.5 Å². The van der Waals surface area contributed by atoms with E-state index in [0.717, 1.165) is 6.42 Å². The largest absolute Gasteiger partial charge is 0.465 e. The number of nitrogens with zero attached hydrogens (tertiary/aromatic N) is 3. The second kappa shape index (κ2) is 9.47. The molecule has 3 aromatic heterocycles. The lowest BCUT2D eigenvalue weighted by atomic mass is 9.82. The molecule has 1 aliphatic heterocycles. The Morgan fingerprint density at radius 2 is 1.81 bits per heavy atom. The van der Waals surface area contributed by atoms with Crippen molar-refractivity contribution in [3.63, 3.8) is 0 Å². The quantitative estimate of drug-likeness (QED) is 0.307. The Labute approximate surface area is 241 Å². The molecule has 3 amide bonds. The molecule has 1 saturated heterocycles. The van der Waals surface area contributed by atoms with Gasteiger partial charge < -0.3 is 34.4 Å². The third kappa shape index (κ3) is 4.09. The van der Waals surface area contributed by atoms with Crippen molar-refractivity contribution < 1.29 is 28.7 Å². The van der Waals surface area contributed by atoms with Crippen molar-refractivity contribution in [1.29, 1.82) is 0 Å². The molecule has 12 heteroatoms. The van der Waals surface area contributed by atoms with E-state index < -0.39 is 11.4 Å². The molecule has 1 saturated carbocycles. The van der Waals surface area contributed by atoms with Gasteiger partial charge in [-0.25, -0.2) is 4.79 Å². The zero-order valence-corrected chi connectivity index (χ0v) is 23.8. The molecule has 0 radical (unpaired) electrons. The number of aromatic amines is 1. The summed E-state index contributed by atoms with van der Waals surface area (Å²) in [7, 11) is 4.82. The molecule has 0 bridgehead atoms. The number of carbonyl (C=O) groups excluding carboxylic acids is 5. The second-order valence-corrected chi connectivity index (χ2v) is 11.0. The summed E-state index contributed by atoms with van der Waals surface area (Å²) in [5.74, 6) is -1.54. The fourth-order valence-electron chi connectivity index (χ4n) is 6.40. The first-order chi connectivity index (χ1) is 19.9. The Morgan fingerprint density at radius 3 is 2.52 bits per heavy atom. The first-order valence-electron chi connectivity index (χ1n) is 13.4. The van der Waals surface area contributed by atoms with E-state index >= 15 is 0 Å². The van der Waals surface area contributed by atoms with Crippen molar-refractivity contribution in [3.05, 3.63) is 76.3 Å². The Balaban J connectivity index is 1.19. The topological polar surface area (TPSA) is 148 Å². The van der Waals surface area contributed by atoms with Gasteiger partial charge in [-0.2, -0.15) is 0 Å². The van der Waals surface area contributed by atoms with Gasteiger partial charge >= 0.3 is 5.97 Å². The molecule has 2 aliphatic carbocycles. The highest BCUT2D eigenvalue weighted by Crippen LogP contribution is 2.67. The van der Waals surface area contributed by atoms with Crippen molar-refractivity contribution in [2.45, 2.75) is 25.7 Å². The molecular weight excluding hydrogens is 540 g/mol. The summed E-state index contributed by atoms with van der Waals surface area (Å²) in [4.78, 5) is 68.0. The van der Waals surface area contributed by atoms with Crippen LogP contribution in [0, 0.1) is 12.8 Å². The molecule has 216 valence electrons. The minimum absolute atomic E-state index is 0.104. The molecule has 0 aromatic carbocycles. The maximum Gasteiger partial charge on any atom is 0.340 e. The van der Waals surface area contributed by atoms with Gasteiger partial charge in [0.2, 0.25) is 11.7 Å². The maximum absolute atomic E-state index is 13.4. The third-order valence-corrected chi connectivity index (χ3v) is 8.32. The van der Waals surface area contributed by atoms with E-state index in [1.54, 1.807) is 65.7 Å². The number of allylic oxidation sites excluding steroid dienone is 2. The fraction of sp³-hybridized carbons (Fsp3) is 0.300. The van der Waals surface area contributed by atoms with E-state index in [1.165, 1.54) is 26.2 Å². The second-order valence-electron chi connectivity index (χ2n) is 11.0. The standard InChI is InChI=1S/C30H30N6O6/c1-15-25(29(41)42-5)26-27(31-15)22(38)10-23-30(26)11-17(30)12-36(23)24(39)7-6-20-8-18(13-34(20)3)33-28(40)21-9-19(14-35(21)4)32-16(2)37/h6-10,13-14,17,31H,11-12H2,1-5H3,(H,32,37)(H,33,40)/b7-6+/t17-,30+/m1/s1. The van der Waals surface area contributed by atoms with E-state index in [9.17, 15) is 24.0 Å². The number of rotatable bonds is 6. The predicted octanol–water partition coefficient (Wildman–Crippen LogP) is 2.89. The molecule has 12 nitrogen and oxygen atoms in total. The smallest absolute Gasteiger partial charge is 0.340 e. The molecule has 2 atom stereocenters. The Bertz CT molecular complexity index is 1780. The predicted molar refractivity (Wildman–Crippen MR) is 153 cm³/mol. The number of aromatic nitrogens is 3. The monoisotopic (exact) mass is 570 g/mol. The molecular formula is C30H30N6O6. The molecule has 2 fully saturated rings. The van der Waals surface area contributed by atoms with Crippen LogP contribution in [0.5, 0.6) is 0 Å². The van der Waals surface area contributed by atoms with Crippen LogP contribution in [0.3, 0.4) is 0 Å². The number of fused-ring (bicyclic) bond motifs is 1. The molecule has 3 aliphatic rings. The normalized spacial score (nSPS) is 20.1. The van der Waals surface area contributed by atoms with E-state index in [4.69, 9.17) is 4.74 Å². The summed E-state index contributed by atoms with van der Waals surface area (Å²) < 4.78 is 8.40. The number of amides is 3. The number of ether oxygens (including phenoxy) is 1. The number of esters is 1. The first kappa shape index (κ1) is 27.1. The Hall–Kier alpha value is -5.13. The van der Waals surface area contributed by atoms with Crippen LogP contribution < -0.4 is 10.6 Å². The van der Waals surface area contributed by atoms with Crippen LogP contribution in [0.25, 0.3) is 6.08 Å². The van der Waals surface area contributed by atoms with Crippen LogP contribution in [0.15, 0.2) is 42.4 Å². The van der Waals surface area contributed by atoms with Crippen molar-refractivity contribution in [2.75, 3.05) is 24.3 Å². The van der Waals surface area contributed by atoms with Gasteiger partial charge in [-0.3, -0.25) is 19.2 Å². The summed E-state index contributed by atoms with van der Waals surface area (Å²) in [5.41, 5.74) is 4.13. The number of hydrogen-bond acceptors (Lipinski definition) is 6. The number of methoxy groups -OCH3 is 1. The zero-order valence-electron chi connectivity index (χ0n) is 23.8. The lowest BCUT2D eigenvalue weighted by Crippen LogP contribution is -2.33. The molecule has 4 heterocycles. The van der Waals surface area contributed by atoms with Gasteiger partial charge in [-0.15, -0.1) is 0 Å². The number of ketones is 1. The number of H-pyrrole nitrogens is 1. The van der Waals surface area contributed by atoms with Gasteiger partial charge in [0.25, 0.3) is 11.8 Å².